The fraction of sp³-hybridized carbons (Fsp3) is 0.692. The normalized spacial score (nSPS) is 19.2. The predicted octanol–water partition coefficient (Wildman–Crippen LogP) is 3.54. The molecule has 3 nitrogen and oxygen atoms in total. The molecule has 0 aromatic carbocycles. The molecule has 0 spiro atoms. The zero-order valence-corrected chi connectivity index (χ0v) is 13.7. The summed E-state index contributed by atoms with van der Waals surface area (Å²) in [7, 11) is -3.31. The predicted molar refractivity (Wildman–Crippen MR) is 80.2 cm³/mol. The zero-order valence-electron chi connectivity index (χ0n) is 11.3. The average molecular weight is 322 g/mol. The molecule has 19 heavy (non-hydrogen) atoms. The smallest absolute Gasteiger partial charge is 0.206 e. The van der Waals surface area contributed by atoms with E-state index in [1.165, 1.54) is 11.3 Å². The Bertz CT molecular complexity index is 517. The summed E-state index contributed by atoms with van der Waals surface area (Å²) in [6.45, 7) is 5.69. The Kier molecular flexibility index (Phi) is 4.93. The fourth-order valence-electron chi connectivity index (χ4n) is 2.47. The maximum Gasteiger partial charge on any atom is 0.252 e. The van der Waals surface area contributed by atoms with E-state index in [2.05, 4.69) is 13.8 Å². The molecule has 1 aromatic heterocycles. The summed E-state index contributed by atoms with van der Waals surface area (Å²) in [5.41, 5.74) is 0.877. The molecular formula is C13H20ClNO2S2. The van der Waals surface area contributed by atoms with Gasteiger partial charge in [-0.2, -0.15) is 4.31 Å². The standard InChI is InChI=1S/C13H20ClNO2S2/c1-10(2)12-3-5-15(6-4-12)19(16,17)13-7-11(8-14)9-18-13/h7,9-10,12H,3-6,8H2,1-2H3. The van der Waals surface area contributed by atoms with Gasteiger partial charge in [-0.05, 0) is 41.7 Å². The quantitative estimate of drug-likeness (QED) is 0.795. The summed E-state index contributed by atoms with van der Waals surface area (Å²) in [5, 5.41) is 1.82. The third-order valence-corrected chi connectivity index (χ3v) is 7.49. The van der Waals surface area contributed by atoms with E-state index in [1.54, 1.807) is 10.4 Å². The Morgan fingerprint density at radius 3 is 2.53 bits per heavy atom. The van der Waals surface area contributed by atoms with Crippen LogP contribution in [0.3, 0.4) is 0 Å². The van der Waals surface area contributed by atoms with Gasteiger partial charge in [-0.3, -0.25) is 0 Å². The Morgan fingerprint density at radius 2 is 2.05 bits per heavy atom. The summed E-state index contributed by atoms with van der Waals surface area (Å²) < 4.78 is 27.0. The van der Waals surface area contributed by atoms with Gasteiger partial charge >= 0.3 is 0 Å². The molecule has 108 valence electrons. The highest BCUT2D eigenvalue weighted by molar-refractivity contribution is 7.91. The van der Waals surface area contributed by atoms with Gasteiger partial charge < -0.3 is 0 Å². The van der Waals surface area contributed by atoms with Crippen molar-refractivity contribution in [3.8, 4) is 0 Å². The van der Waals surface area contributed by atoms with Crippen LogP contribution in [0.15, 0.2) is 15.7 Å². The van der Waals surface area contributed by atoms with Crippen molar-refractivity contribution in [1.29, 1.82) is 0 Å². The highest BCUT2D eigenvalue weighted by Crippen LogP contribution is 2.30. The van der Waals surface area contributed by atoms with Crippen molar-refractivity contribution in [2.75, 3.05) is 13.1 Å². The second-order valence-corrected chi connectivity index (χ2v) is 8.74. The number of sulfonamides is 1. The maximum absolute atomic E-state index is 12.5. The Hall–Kier alpha value is -0.100. The maximum atomic E-state index is 12.5. The summed E-state index contributed by atoms with van der Waals surface area (Å²) in [5.74, 6) is 1.64. The van der Waals surface area contributed by atoms with E-state index in [-0.39, 0.29) is 0 Å². The molecule has 0 saturated carbocycles. The first-order valence-corrected chi connectivity index (χ1v) is 9.44. The van der Waals surface area contributed by atoms with Crippen LogP contribution in [0.25, 0.3) is 0 Å². The molecule has 0 bridgehead atoms. The average Bonchev–Trinajstić information content (AvgIpc) is 2.88. The number of alkyl halides is 1. The van der Waals surface area contributed by atoms with Crippen LogP contribution >= 0.6 is 22.9 Å². The molecule has 0 N–H and O–H groups in total. The number of nitrogens with zero attached hydrogens (tertiary/aromatic N) is 1. The minimum absolute atomic E-state index is 0.363. The lowest BCUT2D eigenvalue weighted by Gasteiger charge is -2.32. The van der Waals surface area contributed by atoms with Gasteiger partial charge in [-0.1, -0.05) is 13.8 Å². The van der Waals surface area contributed by atoms with Crippen LogP contribution in [0.4, 0.5) is 0 Å². The molecule has 1 aliphatic heterocycles. The fourth-order valence-corrected chi connectivity index (χ4v) is 5.55. The molecule has 2 rings (SSSR count). The van der Waals surface area contributed by atoms with Crippen LogP contribution in [0, 0.1) is 11.8 Å². The second kappa shape index (κ2) is 6.12. The van der Waals surface area contributed by atoms with E-state index < -0.39 is 10.0 Å². The molecule has 0 atom stereocenters. The van der Waals surface area contributed by atoms with Crippen LogP contribution in [0.5, 0.6) is 0 Å². The minimum Gasteiger partial charge on any atom is -0.206 e. The van der Waals surface area contributed by atoms with Gasteiger partial charge in [0.05, 0.1) is 0 Å². The van der Waals surface area contributed by atoms with Crippen molar-refractivity contribution in [3.63, 3.8) is 0 Å². The number of thiophene rings is 1. The van der Waals surface area contributed by atoms with Gasteiger partial charge in [0.1, 0.15) is 4.21 Å². The Morgan fingerprint density at radius 1 is 1.42 bits per heavy atom. The number of hydrogen-bond donors (Lipinski definition) is 0. The van der Waals surface area contributed by atoms with E-state index in [4.69, 9.17) is 11.6 Å². The van der Waals surface area contributed by atoms with Crippen molar-refractivity contribution in [3.05, 3.63) is 17.0 Å². The SMILES string of the molecule is CC(C)C1CCN(S(=O)(=O)c2cc(CCl)cs2)CC1. The van der Waals surface area contributed by atoms with E-state index in [0.29, 0.717) is 35.0 Å². The summed E-state index contributed by atoms with van der Waals surface area (Å²) in [6.07, 6.45) is 1.93. The molecule has 1 aliphatic rings. The van der Waals surface area contributed by atoms with E-state index in [9.17, 15) is 8.42 Å². The lowest BCUT2D eigenvalue weighted by Crippen LogP contribution is -2.39. The Balaban J connectivity index is 2.09. The second-order valence-electron chi connectivity index (χ2n) is 5.39. The minimum atomic E-state index is -3.31. The van der Waals surface area contributed by atoms with Crippen LogP contribution in [-0.4, -0.2) is 25.8 Å². The van der Waals surface area contributed by atoms with Gasteiger partial charge in [0.2, 0.25) is 0 Å². The lowest BCUT2D eigenvalue weighted by atomic mass is 9.87. The van der Waals surface area contributed by atoms with Crippen molar-refractivity contribution < 1.29 is 8.42 Å². The molecular weight excluding hydrogens is 302 g/mol. The van der Waals surface area contributed by atoms with Crippen LogP contribution < -0.4 is 0 Å². The molecule has 2 heterocycles. The van der Waals surface area contributed by atoms with E-state index in [0.717, 1.165) is 18.4 Å². The monoisotopic (exact) mass is 321 g/mol. The molecule has 0 aliphatic carbocycles. The van der Waals surface area contributed by atoms with E-state index in [1.807, 2.05) is 5.38 Å². The third-order valence-electron chi connectivity index (χ3n) is 3.82. The topological polar surface area (TPSA) is 37.4 Å². The van der Waals surface area contributed by atoms with Gasteiger partial charge in [0, 0.05) is 19.0 Å². The first kappa shape index (κ1) is 15.3. The Labute approximate surface area is 124 Å². The summed E-state index contributed by atoms with van der Waals surface area (Å²) in [6, 6.07) is 1.70. The van der Waals surface area contributed by atoms with E-state index >= 15 is 0 Å². The van der Waals surface area contributed by atoms with Gasteiger partial charge in [-0.15, -0.1) is 22.9 Å². The summed E-state index contributed by atoms with van der Waals surface area (Å²) in [4.78, 5) is 0. The first-order valence-electron chi connectivity index (χ1n) is 6.58. The van der Waals surface area contributed by atoms with Crippen LogP contribution in [-0.2, 0) is 15.9 Å². The van der Waals surface area contributed by atoms with Gasteiger partial charge in [-0.25, -0.2) is 8.42 Å². The number of halogens is 1. The molecule has 0 radical (unpaired) electrons. The van der Waals surface area contributed by atoms with Crippen LogP contribution in [0.2, 0.25) is 0 Å². The van der Waals surface area contributed by atoms with Crippen molar-refractivity contribution in [1.82, 2.24) is 4.31 Å². The van der Waals surface area contributed by atoms with Gasteiger partial charge in [0.15, 0.2) is 0 Å². The summed E-state index contributed by atoms with van der Waals surface area (Å²) >= 11 is 7.00. The zero-order chi connectivity index (χ0) is 14.0. The highest BCUT2D eigenvalue weighted by atomic mass is 35.5. The number of hydrogen-bond acceptors (Lipinski definition) is 3. The molecule has 1 aromatic rings. The van der Waals surface area contributed by atoms with Crippen molar-refractivity contribution in [2.24, 2.45) is 11.8 Å². The molecule has 0 amide bonds. The number of rotatable bonds is 4. The number of piperidine rings is 1. The highest BCUT2D eigenvalue weighted by Gasteiger charge is 2.31. The molecule has 1 saturated heterocycles. The third kappa shape index (κ3) is 3.32. The van der Waals surface area contributed by atoms with Crippen molar-refractivity contribution >= 4 is 33.0 Å². The molecule has 1 fully saturated rings. The first-order chi connectivity index (χ1) is 8.95. The molecule has 0 unspecified atom stereocenters. The van der Waals surface area contributed by atoms with Gasteiger partial charge in [0.25, 0.3) is 10.0 Å². The van der Waals surface area contributed by atoms with Crippen LogP contribution in [0.1, 0.15) is 32.3 Å². The lowest BCUT2D eigenvalue weighted by molar-refractivity contribution is 0.227. The molecule has 6 heteroatoms. The largest absolute Gasteiger partial charge is 0.252 e. The van der Waals surface area contributed by atoms with Crippen molar-refractivity contribution in [2.45, 2.75) is 36.8 Å².